The van der Waals surface area contributed by atoms with Gasteiger partial charge in [-0.15, -0.1) is 0 Å². The first-order valence-corrected chi connectivity index (χ1v) is 4.50. The zero-order valence-corrected chi connectivity index (χ0v) is 8.14. The smallest absolute Gasteiger partial charge is 0.311 e. The Bertz CT molecular complexity index is 282. The third-order valence-corrected chi connectivity index (χ3v) is 2.08. The number of aliphatic hydroxyl groups is 1. The van der Waals surface area contributed by atoms with Gasteiger partial charge in [0.25, 0.3) is 0 Å². The summed E-state index contributed by atoms with van der Waals surface area (Å²) in [6, 6.07) is 9.56. The zero-order valence-electron chi connectivity index (χ0n) is 8.14. The van der Waals surface area contributed by atoms with E-state index in [1.165, 1.54) is 7.11 Å². The third-order valence-electron chi connectivity index (χ3n) is 2.08. The van der Waals surface area contributed by atoms with Crippen molar-refractivity contribution in [3.63, 3.8) is 0 Å². The highest BCUT2D eigenvalue weighted by Crippen LogP contribution is 2.09. The Morgan fingerprint density at radius 3 is 2.57 bits per heavy atom. The van der Waals surface area contributed by atoms with Crippen LogP contribution in [0.2, 0.25) is 0 Å². The lowest BCUT2D eigenvalue weighted by molar-refractivity contribution is -0.146. The summed E-state index contributed by atoms with van der Waals surface area (Å²) in [7, 11) is 1.33. The van der Waals surface area contributed by atoms with Crippen LogP contribution in [0.5, 0.6) is 0 Å². The van der Waals surface area contributed by atoms with Crippen molar-refractivity contribution >= 4 is 5.97 Å². The number of hydrogen-bond donors (Lipinski definition) is 1. The third kappa shape index (κ3) is 2.85. The summed E-state index contributed by atoms with van der Waals surface area (Å²) in [6.07, 6.45) is 0.518. The SMILES string of the molecule is COC(=O)[C@@H](CO)Cc1ccccc1. The molecule has 0 unspecified atom stereocenters. The summed E-state index contributed by atoms with van der Waals surface area (Å²) in [5.74, 6) is -0.821. The van der Waals surface area contributed by atoms with Gasteiger partial charge in [0.2, 0.25) is 0 Å². The Kier molecular flexibility index (Phi) is 4.13. The van der Waals surface area contributed by atoms with Gasteiger partial charge in [-0.1, -0.05) is 30.3 Å². The van der Waals surface area contributed by atoms with Crippen molar-refractivity contribution in [1.82, 2.24) is 0 Å². The molecule has 0 saturated carbocycles. The Morgan fingerprint density at radius 1 is 1.43 bits per heavy atom. The van der Waals surface area contributed by atoms with E-state index >= 15 is 0 Å². The second-order valence-electron chi connectivity index (χ2n) is 3.09. The predicted octanol–water partition coefficient (Wildman–Crippen LogP) is 1.01. The first kappa shape index (κ1) is 10.7. The summed E-state index contributed by atoms with van der Waals surface area (Å²) in [4.78, 5) is 11.2. The molecular weight excluding hydrogens is 180 g/mol. The van der Waals surface area contributed by atoms with Gasteiger partial charge in [0.15, 0.2) is 0 Å². The first-order chi connectivity index (χ1) is 6.77. The van der Waals surface area contributed by atoms with E-state index in [9.17, 15) is 4.79 Å². The molecule has 3 nitrogen and oxygen atoms in total. The summed E-state index contributed by atoms with van der Waals surface area (Å²) in [5, 5.41) is 8.99. The van der Waals surface area contributed by atoms with E-state index in [1.54, 1.807) is 0 Å². The minimum absolute atomic E-state index is 0.179. The van der Waals surface area contributed by atoms with Gasteiger partial charge in [-0.25, -0.2) is 0 Å². The minimum atomic E-state index is -0.456. The van der Waals surface area contributed by atoms with Crippen molar-refractivity contribution in [2.45, 2.75) is 6.42 Å². The fraction of sp³-hybridized carbons (Fsp3) is 0.364. The molecule has 0 aromatic heterocycles. The Balaban J connectivity index is 2.62. The summed E-state index contributed by atoms with van der Waals surface area (Å²) in [6.45, 7) is -0.179. The van der Waals surface area contributed by atoms with Crippen LogP contribution in [0.3, 0.4) is 0 Å². The Hall–Kier alpha value is -1.35. The molecule has 0 saturated heterocycles. The first-order valence-electron chi connectivity index (χ1n) is 4.50. The Labute approximate surface area is 83.3 Å². The van der Waals surface area contributed by atoms with Gasteiger partial charge in [-0.05, 0) is 12.0 Å². The lowest BCUT2D eigenvalue weighted by Crippen LogP contribution is -2.22. The number of aliphatic hydroxyl groups excluding tert-OH is 1. The number of ether oxygens (including phenoxy) is 1. The minimum Gasteiger partial charge on any atom is -0.469 e. The molecular formula is C11H14O3. The van der Waals surface area contributed by atoms with Crippen LogP contribution in [-0.2, 0) is 16.0 Å². The van der Waals surface area contributed by atoms with Crippen molar-refractivity contribution in [1.29, 1.82) is 0 Å². The van der Waals surface area contributed by atoms with Gasteiger partial charge in [0, 0.05) is 0 Å². The monoisotopic (exact) mass is 194 g/mol. The molecule has 0 fully saturated rings. The molecule has 0 aliphatic carbocycles. The van der Waals surface area contributed by atoms with Crippen molar-refractivity contribution in [3.05, 3.63) is 35.9 Å². The zero-order chi connectivity index (χ0) is 10.4. The number of hydrogen-bond acceptors (Lipinski definition) is 3. The maximum atomic E-state index is 11.2. The maximum absolute atomic E-state index is 11.2. The number of methoxy groups -OCH3 is 1. The number of benzene rings is 1. The van der Waals surface area contributed by atoms with E-state index < -0.39 is 5.92 Å². The van der Waals surface area contributed by atoms with Gasteiger partial charge in [0.05, 0.1) is 19.6 Å². The molecule has 0 aliphatic heterocycles. The molecule has 0 heterocycles. The van der Waals surface area contributed by atoms with Crippen molar-refractivity contribution < 1.29 is 14.6 Å². The molecule has 0 spiro atoms. The van der Waals surface area contributed by atoms with Gasteiger partial charge in [-0.3, -0.25) is 4.79 Å². The highest BCUT2D eigenvalue weighted by molar-refractivity contribution is 5.72. The predicted molar refractivity (Wildman–Crippen MR) is 52.7 cm³/mol. The van der Waals surface area contributed by atoms with Crippen molar-refractivity contribution in [3.8, 4) is 0 Å². The maximum Gasteiger partial charge on any atom is 0.311 e. The lowest BCUT2D eigenvalue weighted by atomic mass is 10.0. The van der Waals surface area contributed by atoms with Crippen LogP contribution >= 0.6 is 0 Å². The van der Waals surface area contributed by atoms with Crippen molar-refractivity contribution in [2.75, 3.05) is 13.7 Å². The van der Waals surface area contributed by atoms with E-state index in [-0.39, 0.29) is 12.6 Å². The molecule has 0 radical (unpaired) electrons. The van der Waals surface area contributed by atoms with Crippen LogP contribution in [0, 0.1) is 5.92 Å². The van der Waals surface area contributed by atoms with Gasteiger partial charge in [0.1, 0.15) is 0 Å². The molecule has 1 aromatic carbocycles. The molecule has 1 aromatic rings. The van der Waals surface area contributed by atoms with Crippen LogP contribution in [0.1, 0.15) is 5.56 Å². The molecule has 14 heavy (non-hydrogen) atoms. The number of esters is 1. The summed E-state index contributed by atoms with van der Waals surface area (Å²) < 4.78 is 4.58. The van der Waals surface area contributed by atoms with Crippen LogP contribution in [0.4, 0.5) is 0 Å². The fourth-order valence-corrected chi connectivity index (χ4v) is 1.29. The fourth-order valence-electron chi connectivity index (χ4n) is 1.29. The van der Waals surface area contributed by atoms with E-state index in [1.807, 2.05) is 30.3 Å². The standard InChI is InChI=1S/C11H14O3/c1-14-11(13)10(8-12)7-9-5-3-2-4-6-9/h2-6,10,12H,7-8H2,1H3/t10-/m1/s1. The molecule has 0 aliphatic rings. The average molecular weight is 194 g/mol. The van der Waals surface area contributed by atoms with Crippen molar-refractivity contribution in [2.24, 2.45) is 5.92 Å². The average Bonchev–Trinajstić information content (AvgIpc) is 2.26. The topological polar surface area (TPSA) is 46.5 Å². The molecule has 1 rings (SSSR count). The number of rotatable bonds is 4. The number of carbonyl (C=O) groups excluding carboxylic acids is 1. The quantitative estimate of drug-likeness (QED) is 0.728. The van der Waals surface area contributed by atoms with E-state index in [0.29, 0.717) is 6.42 Å². The van der Waals surface area contributed by atoms with Gasteiger partial charge < -0.3 is 9.84 Å². The molecule has 1 N–H and O–H groups in total. The second kappa shape index (κ2) is 5.40. The van der Waals surface area contributed by atoms with Gasteiger partial charge >= 0.3 is 5.97 Å². The normalized spacial score (nSPS) is 12.1. The van der Waals surface area contributed by atoms with E-state index in [0.717, 1.165) is 5.56 Å². The summed E-state index contributed by atoms with van der Waals surface area (Å²) in [5.41, 5.74) is 1.02. The second-order valence-corrected chi connectivity index (χ2v) is 3.09. The van der Waals surface area contributed by atoms with Gasteiger partial charge in [-0.2, -0.15) is 0 Å². The molecule has 0 bridgehead atoms. The molecule has 76 valence electrons. The molecule has 1 atom stereocenters. The van der Waals surface area contributed by atoms with Crippen LogP contribution in [0.15, 0.2) is 30.3 Å². The lowest BCUT2D eigenvalue weighted by Gasteiger charge is -2.11. The Morgan fingerprint density at radius 2 is 2.07 bits per heavy atom. The largest absolute Gasteiger partial charge is 0.469 e. The van der Waals surface area contributed by atoms with Crippen LogP contribution < -0.4 is 0 Å². The highest BCUT2D eigenvalue weighted by atomic mass is 16.5. The van der Waals surface area contributed by atoms with E-state index in [4.69, 9.17) is 5.11 Å². The van der Waals surface area contributed by atoms with E-state index in [2.05, 4.69) is 4.74 Å². The van der Waals surface area contributed by atoms with Crippen LogP contribution in [0.25, 0.3) is 0 Å². The molecule has 0 amide bonds. The van der Waals surface area contributed by atoms with Crippen LogP contribution in [-0.4, -0.2) is 24.8 Å². The molecule has 3 heteroatoms. The summed E-state index contributed by atoms with van der Waals surface area (Å²) >= 11 is 0. The highest BCUT2D eigenvalue weighted by Gasteiger charge is 2.17. The number of carbonyl (C=O) groups is 1.